The number of carbonyl (C=O) groups is 1. The van der Waals surface area contributed by atoms with Gasteiger partial charge in [0.25, 0.3) is 0 Å². The molecule has 0 aromatic heterocycles. The third-order valence-corrected chi connectivity index (χ3v) is 7.16. The predicted molar refractivity (Wildman–Crippen MR) is 86.3 cm³/mol. The molecule has 0 N–H and O–H groups in total. The number of nitrogens with zero attached hydrogens (tertiary/aromatic N) is 2. The Balaban J connectivity index is 1.64. The summed E-state index contributed by atoms with van der Waals surface area (Å²) >= 11 is 1.92. The van der Waals surface area contributed by atoms with Crippen LogP contribution in [0.4, 0.5) is 0 Å². The Morgan fingerprint density at radius 1 is 1.18 bits per heavy atom. The van der Waals surface area contributed by atoms with Gasteiger partial charge in [-0.25, -0.2) is 8.42 Å². The van der Waals surface area contributed by atoms with Crippen molar-refractivity contribution >= 4 is 27.7 Å². The number of sulfonamides is 1. The van der Waals surface area contributed by atoms with Gasteiger partial charge >= 0.3 is 0 Å². The van der Waals surface area contributed by atoms with Gasteiger partial charge in [0.1, 0.15) is 0 Å². The average Bonchev–Trinajstić information content (AvgIpc) is 2.78. The third-order valence-electron chi connectivity index (χ3n) is 4.84. The van der Waals surface area contributed by atoms with Crippen LogP contribution < -0.4 is 0 Å². The molecular weight excluding hydrogens is 324 g/mol. The Morgan fingerprint density at radius 3 is 2.59 bits per heavy atom. The number of thioether (sulfide) groups is 1. The van der Waals surface area contributed by atoms with Crippen LogP contribution in [0.3, 0.4) is 0 Å². The number of hydrogen-bond acceptors (Lipinski definition) is 5. The minimum absolute atomic E-state index is 0.0198. The summed E-state index contributed by atoms with van der Waals surface area (Å²) in [5, 5.41) is 0. The van der Waals surface area contributed by atoms with E-state index in [1.165, 1.54) is 10.6 Å². The molecule has 3 rings (SSSR count). The molecule has 2 atom stereocenters. The van der Waals surface area contributed by atoms with E-state index in [-0.39, 0.29) is 23.8 Å². The largest absolute Gasteiger partial charge is 0.375 e. The molecule has 0 saturated carbocycles. The molecule has 3 aliphatic rings. The van der Waals surface area contributed by atoms with Gasteiger partial charge in [0.2, 0.25) is 15.9 Å². The first-order valence-corrected chi connectivity index (χ1v) is 10.9. The molecule has 3 fully saturated rings. The molecule has 8 heteroatoms. The lowest BCUT2D eigenvalue weighted by Gasteiger charge is -2.26. The van der Waals surface area contributed by atoms with Crippen molar-refractivity contribution in [2.45, 2.75) is 18.9 Å². The first-order chi connectivity index (χ1) is 10.4. The van der Waals surface area contributed by atoms with Gasteiger partial charge in [-0.3, -0.25) is 4.79 Å². The number of likely N-dealkylation sites (tertiary alicyclic amines) is 1. The number of amides is 1. The van der Waals surface area contributed by atoms with Crippen LogP contribution in [0.5, 0.6) is 0 Å². The summed E-state index contributed by atoms with van der Waals surface area (Å²) in [5.74, 6) is 2.61. The Kier molecular flexibility index (Phi) is 5.01. The molecule has 22 heavy (non-hydrogen) atoms. The van der Waals surface area contributed by atoms with Crippen LogP contribution in [-0.4, -0.2) is 80.2 Å². The minimum atomic E-state index is -3.20. The van der Waals surface area contributed by atoms with Crippen molar-refractivity contribution in [3.05, 3.63) is 0 Å². The van der Waals surface area contributed by atoms with Gasteiger partial charge in [-0.05, 0) is 24.3 Å². The Morgan fingerprint density at radius 2 is 1.91 bits per heavy atom. The highest BCUT2D eigenvalue weighted by atomic mass is 32.2. The minimum Gasteiger partial charge on any atom is -0.375 e. The first-order valence-electron chi connectivity index (χ1n) is 7.88. The number of ether oxygens (including phenoxy) is 1. The summed E-state index contributed by atoms with van der Waals surface area (Å²) in [4.78, 5) is 14.5. The maximum Gasteiger partial charge on any atom is 0.225 e. The number of fused-ring (bicyclic) bond motifs is 1. The number of carbonyl (C=O) groups excluding carboxylic acids is 1. The van der Waals surface area contributed by atoms with Gasteiger partial charge in [-0.15, -0.1) is 0 Å². The zero-order valence-electron chi connectivity index (χ0n) is 12.9. The zero-order valence-corrected chi connectivity index (χ0v) is 14.6. The van der Waals surface area contributed by atoms with Crippen LogP contribution in [0.2, 0.25) is 0 Å². The summed E-state index contributed by atoms with van der Waals surface area (Å²) < 4.78 is 30.9. The highest BCUT2D eigenvalue weighted by Gasteiger charge is 2.41. The SMILES string of the molecule is CS(=O)(=O)N1CCO[C@H]2CN(C(=O)C3CCSCC3)C[C@H]2C1. The Hall–Kier alpha value is -0.310. The van der Waals surface area contributed by atoms with E-state index < -0.39 is 10.0 Å². The van der Waals surface area contributed by atoms with Crippen LogP contribution >= 0.6 is 11.8 Å². The van der Waals surface area contributed by atoms with Gasteiger partial charge < -0.3 is 9.64 Å². The number of hydrogen-bond donors (Lipinski definition) is 0. The second kappa shape index (κ2) is 6.67. The Bertz CT molecular complexity index is 519. The molecule has 0 spiro atoms. The van der Waals surface area contributed by atoms with Crippen LogP contribution in [-0.2, 0) is 19.6 Å². The molecule has 6 nitrogen and oxygen atoms in total. The molecule has 3 heterocycles. The average molecular weight is 348 g/mol. The van der Waals surface area contributed by atoms with Gasteiger partial charge in [0.15, 0.2) is 0 Å². The molecule has 1 amide bonds. The van der Waals surface area contributed by atoms with Crippen molar-refractivity contribution in [2.24, 2.45) is 11.8 Å². The van der Waals surface area contributed by atoms with Gasteiger partial charge in [0, 0.05) is 38.0 Å². The summed E-state index contributed by atoms with van der Waals surface area (Å²) in [6.45, 7) is 2.54. The van der Waals surface area contributed by atoms with Gasteiger partial charge in [-0.2, -0.15) is 16.1 Å². The molecule has 126 valence electrons. The predicted octanol–water partition coefficient (Wildman–Crippen LogP) is 0.248. The maximum atomic E-state index is 12.6. The second-order valence-electron chi connectivity index (χ2n) is 6.42. The topological polar surface area (TPSA) is 66.9 Å². The van der Waals surface area contributed by atoms with Crippen molar-refractivity contribution in [3.63, 3.8) is 0 Å². The van der Waals surface area contributed by atoms with Crippen LogP contribution in [0.25, 0.3) is 0 Å². The quantitative estimate of drug-likeness (QED) is 0.716. The monoisotopic (exact) mass is 348 g/mol. The van der Waals surface area contributed by atoms with E-state index in [2.05, 4.69) is 0 Å². The molecule has 0 bridgehead atoms. The molecule has 0 aliphatic carbocycles. The fourth-order valence-corrected chi connectivity index (χ4v) is 5.52. The van der Waals surface area contributed by atoms with E-state index in [1.54, 1.807) is 0 Å². The number of rotatable bonds is 2. The smallest absolute Gasteiger partial charge is 0.225 e. The van der Waals surface area contributed by atoms with Crippen molar-refractivity contribution in [3.8, 4) is 0 Å². The third kappa shape index (κ3) is 3.60. The summed E-state index contributed by atoms with van der Waals surface area (Å²) in [5.41, 5.74) is 0. The molecule has 0 aromatic carbocycles. The fraction of sp³-hybridized carbons (Fsp3) is 0.929. The van der Waals surface area contributed by atoms with E-state index in [0.717, 1.165) is 24.3 Å². The van der Waals surface area contributed by atoms with Gasteiger partial charge in [-0.1, -0.05) is 0 Å². The van der Waals surface area contributed by atoms with E-state index in [0.29, 0.717) is 32.8 Å². The van der Waals surface area contributed by atoms with E-state index in [4.69, 9.17) is 4.74 Å². The maximum absolute atomic E-state index is 12.6. The lowest BCUT2D eigenvalue weighted by Crippen LogP contribution is -2.39. The lowest BCUT2D eigenvalue weighted by molar-refractivity contribution is -0.135. The molecule has 0 aromatic rings. The van der Waals surface area contributed by atoms with Crippen LogP contribution in [0, 0.1) is 11.8 Å². The van der Waals surface area contributed by atoms with Crippen molar-refractivity contribution in [1.82, 2.24) is 9.21 Å². The van der Waals surface area contributed by atoms with Crippen molar-refractivity contribution in [1.29, 1.82) is 0 Å². The highest BCUT2D eigenvalue weighted by Crippen LogP contribution is 2.29. The van der Waals surface area contributed by atoms with E-state index in [9.17, 15) is 13.2 Å². The normalized spacial score (nSPS) is 31.8. The molecule has 3 saturated heterocycles. The zero-order chi connectivity index (χ0) is 15.7. The molecule has 0 unspecified atom stereocenters. The summed E-state index contributed by atoms with van der Waals surface area (Å²) in [6.07, 6.45) is 3.15. The second-order valence-corrected chi connectivity index (χ2v) is 9.63. The van der Waals surface area contributed by atoms with Crippen molar-refractivity contribution in [2.75, 3.05) is 50.5 Å². The van der Waals surface area contributed by atoms with Crippen molar-refractivity contribution < 1.29 is 17.9 Å². The Labute approximate surface area is 136 Å². The fourth-order valence-electron chi connectivity index (χ4n) is 3.55. The van der Waals surface area contributed by atoms with Gasteiger partial charge in [0.05, 0.1) is 19.0 Å². The standard InChI is InChI=1S/C14H24N2O4S2/c1-22(18,19)16-4-5-20-13-10-15(8-12(13)9-16)14(17)11-2-6-21-7-3-11/h11-13H,2-10H2,1H3/t12-,13-/m0/s1. The van der Waals surface area contributed by atoms with Crippen LogP contribution in [0.1, 0.15) is 12.8 Å². The summed E-state index contributed by atoms with van der Waals surface area (Å²) in [6, 6.07) is 0. The molecular formula is C14H24N2O4S2. The molecule has 3 aliphatic heterocycles. The van der Waals surface area contributed by atoms with E-state index >= 15 is 0 Å². The van der Waals surface area contributed by atoms with E-state index in [1.807, 2.05) is 16.7 Å². The first kappa shape index (κ1) is 16.5. The highest BCUT2D eigenvalue weighted by molar-refractivity contribution is 7.99. The summed E-state index contributed by atoms with van der Waals surface area (Å²) in [7, 11) is -3.20. The molecule has 0 radical (unpaired) electrons. The van der Waals surface area contributed by atoms with Crippen LogP contribution in [0.15, 0.2) is 0 Å². The lowest BCUT2D eigenvalue weighted by atomic mass is 10.0.